The van der Waals surface area contributed by atoms with Gasteiger partial charge in [-0.2, -0.15) is 0 Å². The molecule has 1 aromatic heterocycles. The fourth-order valence-corrected chi connectivity index (χ4v) is 2.90. The highest BCUT2D eigenvalue weighted by Crippen LogP contribution is 2.18. The van der Waals surface area contributed by atoms with Gasteiger partial charge in [0.05, 0.1) is 18.0 Å². The van der Waals surface area contributed by atoms with Crippen molar-refractivity contribution < 1.29 is 12.8 Å². The van der Waals surface area contributed by atoms with Crippen LogP contribution in [0.3, 0.4) is 0 Å². The number of guanidine groups is 1. The zero-order valence-electron chi connectivity index (χ0n) is 16.4. The van der Waals surface area contributed by atoms with E-state index in [1.54, 1.807) is 20.2 Å². The Kier molecular flexibility index (Phi) is 10.5. The van der Waals surface area contributed by atoms with Crippen molar-refractivity contribution in [1.82, 2.24) is 20.3 Å². The monoisotopic (exact) mass is 521 g/mol. The molecule has 28 heavy (non-hydrogen) atoms. The molecule has 0 atom stereocenters. The van der Waals surface area contributed by atoms with Crippen molar-refractivity contribution in [3.05, 3.63) is 41.8 Å². The number of rotatable bonds is 9. The van der Waals surface area contributed by atoms with Crippen LogP contribution in [0, 0.1) is 6.92 Å². The first kappa shape index (κ1) is 24.4. The van der Waals surface area contributed by atoms with Gasteiger partial charge in [-0.15, -0.1) is 24.0 Å². The van der Waals surface area contributed by atoms with Gasteiger partial charge in [-0.25, -0.2) is 18.1 Å². The second-order valence-electron chi connectivity index (χ2n) is 6.01. The third-order valence-electron chi connectivity index (χ3n) is 3.86. The predicted octanol–water partition coefficient (Wildman–Crippen LogP) is 2.26. The minimum atomic E-state index is -3.14. The first-order valence-electron chi connectivity index (χ1n) is 8.87. The van der Waals surface area contributed by atoms with E-state index in [-0.39, 0.29) is 29.7 Å². The van der Waals surface area contributed by atoms with Gasteiger partial charge in [-0.1, -0.05) is 17.7 Å². The van der Waals surface area contributed by atoms with E-state index in [0.717, 1.165) is 11.3 Å². The maximum atomic E-state index is 11.3. The van der Waals surface area contributed by atoms with Crippen molar-refractivity contribution in [2.24, 2.45) is 4.99 Å². The molecule has 0 saturated carbocycles. The van der Waals surface area contributed by atoms with Crippen LogP contribution < -0.4 is 15.4 Å². The number of nitrogens with one attached hydrogen (secondary N) is 3. The first-order valence-corrected chi connectivity index (χ1v) is 10.5. The fourth-order valence-electron chi connectivity index (χ4n) is 2.24. The molecular weight excluding hydrogens is 493 g/mol. The zero-order chi connectivity index (χ0) is 19.7. The van der Waals surface area contributed by atoms with Crippen molar-refractivity contribution in [2.75, 3.05) is 25.9 Å². The molecule has 0 fully saturated rings. The third-order valence-corrected chi connectivity index (χ3v) is 5.26. The summed E-state index contributed by atoms with van der Waals surface area (Å²) in [6, 6.07) is 7.99. The van der Waals surface area contributed by atoms with Crippen molar-refractivity contribution >= 4 is 40.0 Å². The Morgan fingerprint density at radius 3 is 2.54 bits per heavy atom. The van der Waals surface area contributed by atoms with Gasteiger partial charge in [0.2, 0.25) is 15.9 Å². The summed E-state index contributed by atoms with van der Waals surface area (Å²) in [6.45, 7) is 5.10. The number of aromatic nitrogens is 1. The van der Waals surface area contributed by atoms with Crippen LogP contribution in [0.5, 0.6) is 0 Å². The van der Waals surface area contributed by atoms with Crippen LogP contribution in [-0.4, -0.2) is 45.3 Å². The summed E-state index contributed by atoms with van der Waals surface area (Å²) in [6.07, 6.45) is 2.27. The quantitative estimate of drug-likeness (QED) is 0.202. The molecule has 0 amide bonds. The van der Waals surface area contributed by atoms with Crippen LogP contribution in [-0.2, 0) is 16.6 Å². The molecule has 1 aromatic carbocycles. The molecular formula is C18H28IN5O3S. The van der Waals surface area contributed by atoms with E-state index in [1.165, 1.54) is 5.56 Å². The third kappa shape index (κ3) is 8.15. The summed E-state index contributed by atoms with van der Waals surface area (Å²) in [5, 5.41) is 6.29. The van der Waals surface area contributed by atoms with Gasteiger partial charge in [0, 0.05) is 25.7 Å². The molecule has 0 bridgehead atoms. The average molecular weight is 521 g/mol. The van der Waals surface area contributed by atoms with Gasteiger partial charge in [0.15, 0.2) is 5.96 Å². The summed E-state index contributed by atoms with van der Waals surface area (Å²) in [5.41, 5.74) is 2.89. The second kappa shape index (κ2) is 12.0. The van der Waals surface area contributed by atoms with E-state index in [1.807, 2.05) is 31.2 Å². The molecule has 2 rings (SSSR count). The normalized spacial score (nSPS) is 11.8. The fraction of sp³-hybridized carbons (Fsp3) is 0.444. The molecule has 0 aliphatic carbocycles. The minimum absolute atomic E-state index is 0. The van der Waals surface area contributed by atoms with Crippen molar-refractivity contribution in [3.63, 3.8) is 0 Å². The molecule has 156 valence electrons. The SMILES string of the molecule is CCS(=O)(=O)NCCCNC(=NC)NCc1coc(-c2ccc(C)cc2)n1.I. The Bertz CT molecular complexity index is 850. The Morgan fingerprint density at radius 1 is 1.18 bits per heavy atom. The summed E-state index contributed by atoms with van der Waals surface area (Å²) >= 11 is 0. The van der Waals surface area contributed by atoms with Crippen molar-refractivity contribution in [3.8, 4) is 11.5 Å². The Labute approximate surface area is 183 Å². The highest BCUT2D eigenvalue weighted by Gasteiger charge is 2.08. The lowest BCUT2D eigenvalue weighted by atomic mass is 10.1. The molecule has 2 aromatic rings. The number of sulfonamides is 1. The van der Waals surface area contributed by atoms with E-state index in [4.69, 9.17) is 4.42 Å². The van der Waals surface area contributed by atoms with E-state index in [2.05, 4.69) is 25.3 Å². The molecule has 0 saturated heterocycles. The number of aliphatic imine (C=N–C) groups is 1. The lowest BCUT2D eigenvalue weighted by Gasteiger charge is -2.11. The molecule has 0 radical (unpaired) electrons. The van der Waals surface area contributed by atoms with Crippen LogP contribution in [0.1, 0.15) is 24.6 Å². The molecule has 0 unspecified atom stereocenters. The van der Waals surface area contributed by atoms with Gasteiger partial charge in [-0.3, -0.25) is 4.99 Å². The Morgan fingerprint density at radius 2 is 1.89 bits per heavy atom. The van der Waals surface area contributed by atoms with Crippen molar-refractivity contribution in [2.45, 2.75) is 26.8 Å². The topological polar surface area (TPSA) is 109 Å². The smallest absolute Gasteiger partial charge is 0.226 e. The van der Waals surface area contributed by atoms with Crippen LogP contribution in [0.25, 0.3) is 11.5 Å². The van der Waals surface area contributed by atoms with Crippen LogP contribution >= 0.6 is 24.0 Å². The van der Waals surface area contributed by atoms with Gasteiger partial charge in [0.1, 0.15) is 6.26 Å². The number of oxazole rings is 1. The highest BCUT2D eigenvalue weighted by molar-refractivity contribution is 14.0. The summed E-state index contributed by atoms with van der Waals surface area (Å²) in [7, 11) is -1.46. The number of hydrogen-bond acceptors (Lipinski definition) is 5. The minimum Gasteiger partial charge on any atom is -0.444 e. The van der Waals surface area contributed by atoms with Gasteiger partial charge >= 0.3 is 0 Å². The van der Waals surface area contributed by atoms with Crippen LogP contribution in [0.4, 0.5) is 0 Å². The molecule has 10 heteroatoms. The lowest BCUT2D eigenvalue weighted by Crippen LogP contribution is -2.38. The van der Waals surface area contributed by atoms with E-state index in [9.17, 15) is 8.42 Å². The Hall–Kier alpha value is -1.66. The maximum Gasteiger partial charge on any atom is 0.226 e. The highest BCUT2D eigenvalue weighted by atomic mass is 127. The van der Waals surface area contributed by atoms with Crippen molar-refractivity contribution in [1.29, 1.82) is 0 Å². The summed E-state index contributed by atoms with van der Waals surface area (Å²) < 4.78 is 30.8. The molecule has 1 heterocycles. The second-order valence-corrected chi connectivity index (χ2v) is 8.11. The maximum absolute atomic E-state index is 11.3. The van der Waals surface area contributed by atoms with E-state index >= 15 is 0 Å². The molecule has 3 N–H and O–H groups in total. The van der Waals surface area contributed by atoms with Gasteiger partial charge < -0.3 is 15.1 Å². The lowest BCUT2D eigenvalue weighted by molar-refractivity contribution is 0.572. The average Bonchev–Trinajstić information content (AvgIpc) is 3.13. The van der Waals surface area contributed by atoms with E-state index < -0.39 is 10.0 Å². The molecule has 0 spiro atoms. The van der Waals surface area contributed by atoms with Crippen LogP contribution in [0.15, 0.2) is 39.9 Å². The summed E-state index contributed by atoms with van der Waals surface area (Å²) in [5.74, 6) is 1.29. The van der Waals surface area contributed by atoms with Gasteiger partial charge in [-0.05, 0) is 32.4 Å². The number of benzene rings is 1. The van der Waals surface area contributed by atoms with Gasteiger partial charge in [0.25, 0.3) is 0 Å². The largest absolute Gasteiger partial charge is 0.444 e. The number of aryl methyl sites for hydroxylation is 1. The molecule has 8 nitrogen and oxygen atoms in total. The number of halogens is 1. The number of nitrogens with zero attached hydrogens (tertiary/aromatic N) is 2. The predicted molar refractivity (Wildman–Crippen MR) is 122 cm³/mol. The summed E-state index contributed by atoms with van der Waals surface area (Å²) in [4.78, 5) is 8.61. The molecule has 0 aliphatic heterocycles. The first-order chi connectivity index (χ1) is 12.9. The molecule has 0 aliphatic rings. The van der Waals surface area contributed by atoms with E-state index in [0.29, 0.717) is 37.9 Å². The zero-order valence-corrected chi connectivity index (χ0v) is 19.5. The number of hydrogen-bond donors (Lipinski definition) is 3. The van der Waals surface area contributed by atoms with Crippen LogP contribution in [0.2, 0.25) is 0 Å². The standard InChI is InChI=1S/C18H27N5O3S.HI/c1-4-27(24,25)22-11-5-10-20-18(19-3)21-12-16-13-26-17(23-16)15-8-6-14(2)7-9-15;/h6-9,13,22H,4-5,10-12H2,1-3H3,(H2,19,20,21);1H. The Balaban J connectivity index is 0.00000392.